The molecule has 3 rings (SSSR count). The molecule has 0 spiro atoms. The van der Waals surface area contributed by atoms with Crippen LogP contribution in [0, 0.1) is 0 Å². The Bertz CT molecular complexity index is 550. The Balaban J connectivity index is 1.89. The van der Waals surface area contributed by atoms with Crippen LogP contribution in [0.15, 0.2) is 54.6 Å². The van der Waals surface area contributed by atoms with Gasteiger partial charge in [0.15, 0.2) is 0 Å². The third kappa shape index (κ3) is 1.95. The highest BCUT2D eigenvalue weighted by molar-refractivity contribution is 5.65. The van der Waals surface area contributed by atoms with Gasteiger partial charge in [-0.05, 0) is 23.1 Å². The Hall–Kier alpha value is -1.93. The van der Waals surface area contributed by atoms with E-state index in [1.807, 2.05) is 36.4 Å². The molecule has 0 amide bonds. The van der Waals surface area contributed by atoms with Crippen molar-refractivity contribution in [1.29, 1.82) is 0 Å². The molecule has 0 aliphatic carbocycles. The molecule has 2 aromatic carbocycles. The first kappa shape index (κ1) is 11.2. The maximum absolute atomic E-state index is 11.1. The number of aldehydes is 1. The molecule has 1 heterocycles. The summed E-state index contributed by atoms with van der Waals surface area (Å²) in [4.78, 5) is 11.1. The average molecular weight is 237 g/mol. The molecule has 2 unspecified atom stereocenters. The van der Waals surface area contributed by atoms with E-state index in [1.54, 1.807) is 0 Å². The minimum atomic E-state index is -0.157. The van der Waals surface area contributed by atoms with Crippen molar-refractivity contribution in [3.05, 3.63) is 71.3 Å². The average Bonchev–Trinajstić information content (AvgIpc) is 2.78. The first-order valence-electron chi connectivity index (χ1n) is 6.22. The van der Waals surface area contributed by atoms with Gasteiger partial charge in [0.05, 0.1) is 6.04 Å². The molecule has 0 bridgehead atoms. The third-order valence-corrected chi connectivity index (χ3v) is 3.51. The van der Waals surface area contributed by atoms with Gasteiger partial charge in [0.2, 0.25) is 0 Å². The van der Waals surface area contributed by atoms with Gasteiger partial charge in [-0.25, -0.2) is 0 Å². The van der Waals surface area contributed by atoms with Gasteiger partial charge in [0.1, 0.15) is 6.29 Å². The van der Waals surface area contributed by atoms with Crippen LogP contribution >= 0.6 is 0 Å². The van der Waals surface area contributed by atoms with Crippen LogP contribution in [0.5, 0.6) is 0 Å². The number of fused-ring (bicyclic) bond motifs is 1. The fourth-order valence-electron chi connectivity index (χ4n) is 2.64. The summed E-state index contributed by atoms with van der Waals surface area (Å²) < 4.78 is 0. The second-order valence-electron chi connectivity index (χ2n) is 4.65. The van der Waals surface area contributed by atoms with Gasteiger partial charge in [-0.2, -0.15) is 0 Å². The molecule has 2 aromatic rings. The largest absolute Gasteiger partial charge is 0.301 e. The van der Waals surface area contributed by atoms with E-state index in [1.165, 1.54) is 11.1 Å². The first-order chi connectivity index (χ1) is 8.88. The van der Waals surface area contributed by atoms with Crippen LogP contribution in [0.1, 0.15) is 28.8 Å². The highest BCUT2D eigenvalue weighted by Gasteiger charge is 2.29. The molecule has 0 saturated heterocycles. The van der Waals surface area contributed by atoms with Gasteiger partial charge < -0.3 is 4.79 Å². The summed E-state index contributed by atoms with van der Waals surface area (Å²) in [5, 5.41) is 3.39. The number of carbonyl (C=O) groups is 1. The maximum Gasteiger partial charge on any atom is 0.141 e. The molecule has 2 heteroatoms. The molecule has 1 aliphatic rings. The van der Waals surface area contributed by atoms with E-state index in [0.717, 1.165) is 18.3 Å². The minimum absolute atomic E-state index is 0.157. The Kier molecular flexibility index (Phi) is 2.95. The second kappa shape index (κ2) is 4.75. The van der Waals surface area contributed by atoms with E-state index in [2.05, 4.69) is 23.5 Å². The summed E-state index contributed by atoms with van der Waals surface area (Å²) in [6.45, 7) is 0. The van der Waals surface area contributed by atoms with Crippen molar-refractivity contribution in [2.45, 2.75) is 18.5 Å². The lowest BCUT2D eigenvalue weighted by Gasteiger charge is -2.12. The number of hydrogen-bond acceptors (Lipinski definition) is 2. The molecule has 0 radical (unpaired) electrons. The smallest absolute Gasteiger partial charge is 0.141 e. The van der Waals surface area contributed by atoms with Crippen molar-refractivity contribution >= 4 is 6.29 Å². The van der Waals surface area contributed by atoms with Crippen molar-refractivity contribution in [2.24, 2.45) is 0 Å². The molecule has 0 fully saturated rings. The summed E-state index contributed by atoms with van der Waals surface area (Å²) in [6, 6.07) is 18.6. The van der Waals surface area contributed by atoms with Crippen LogP contribution in [-0.4, -0.2) is 6.29 Å². The fourth-order valence-corrected chi connectivity index (χ4v) is 2.64. The molecule has 0 saturated carbocycles. The van der Waals surface area contributed by atoms with Crippen LogP contribution in [0.2, 0.25) is 0 Å². The lowest BCUT2D eigenvalue weighted by atomic mass is 9.98. The zero-order chi connectivity index (χ0) is 12.4. The summed E-state index contributed by atoms with van der Waals surface area (Å²) >= 11 is 0. The molecular formula is C16H15NO. The van der Waals surface area contributed by atoms with Crippen LogP contribution in [0.4, 0.5) is 0 Å². The quantitative estimate of drug-likeness (QED) is 0.832. The summed E-state index contributed by atoms with van der Waals surface area (Å²) in [5.74, 6) is 0. The molecule has 0 aromatic heterocycles. The van der Waals surface area contributed by atoms with E-state index < -0.39 is 0 Å². The number of nitrogens with one attached hydrogen (secondary N) is 1. The van der Waals surface area contributed by atoms with Gasteiger partial charge in [0.25, 0.3) is 0 Å². The number of benzene rings is 2. The van der Waals surface area contributed by atoms with E-state index in [9.17, 15) is 4.79 Å². The van der Waals surface area contributed by atoms with E-state index in [0.29, 0.717) is 0 Å². The van der Waals surface area contributed by atoms with Crippen molar-refractivity contribution < 1.29 is 4.79 Å². The highest BCUT2D eigenvalue weighted by atomic mass is 16.1. The monoisotopic (exact) mass is 237 g/mol. The Labute approximate surface area is 107 Å². The van der Waals surface area contributed by atoms with Gasteiger partial charge in [0, 0.05) is 6.04 Å². The van der Waals surface area contributed by atoms with E-state index >= 15 is 0 Å². The molecule has 18 heavy (non-hydrogen) atoms. The van der Waals surface area contributed by atoms with Crippen LogP contribution in [0.3, 0.4) is 0 Å². The molecular weight excluding hydrogens is 222 g/mol. The number of rotatable bonds is 3. The predicted octanol–water partition coefficient (Wildman–Crippen LogP) is 2.81. The standard InChI is InChI=1S/C16H15NO/c18-11-16-14-9-5-4-8-13(14)15(17-16)10-12-6-2-1-3-7-12/h1-9,11,15-17H,10H2. The van der Waals surface area contributed by atoms with Crippen molar-refractivity contribution in [3.8, 4) is 0 Å². The Morgan fingerprint density at radius 2 is 1.61 bits per heavy atom. The number of carbonyl (C=O) groups excluding carboxylic acids is 1. The summed E-state index contributed by atoms with van der Waals surface area (Å²) in [7, 11) is 0. The van der Waals surface area contributed by atoms with Gasteiger partial charge in [-0.1, -0.05) is 54.6 Å². The SMILES string of the molecule is O=CC1NC(Cc2ccccc2)c2ccccc21. The highest BCUT2D eigenvalue weighted by Crippen LogP contribution is 2.33. The van der Waals surface area contributed by atoms with Crippen molar-refractivity contribution in [2.75, 3.05) is 0 Å². The maximum atomic E-state index is 11.1. The molecule has 1 N–H and O–H groups in total. The molecule has 2 atom stereocenters. The molecule has 2 nitrogen and oxygen atoms in total. The Morgan fingerprint density at radius 1 is 0.944 bits per heavy atom. The lowest BCUT2D eigenvalue weighted by molar-refractivity contribution is -0.109. The summed E-state index contributed by atoms with van der Waals surface area (Å²) in [5.41, 5.74) is 3.66. The van der Waals surface area contributed by atoms with E-state index in [4.69, 9.17) is 0 Å². The second-order valence-corrected chi connectivity index (χ2v) is 4.65. The normalized spacial score (nSPS) is 21.6. The zero-order valence-corrected chi connectivity index (χ0v) is 10.0. The minimum Gasteiger partial charge on any atom is -0.301 e. The lowest BCUT2D eigenvalue weighted by Crippen LogP contribution is -2.20. The third-order valence-electron chi connectivity index (χ3n) is 3.51. The summed E-state index contributed by atoms with van der Waals surface area (Å²) in [6.07, 6.45) is 1.91. The van der Waals surface area contributed by atoms with Crippen molar-refractivity contribution in [1.82, 2.24) is 5.32 Å². The van der Waals surface area contributed by atoms with Gasteiger partial charge >= 0.3 is 0 Å². The van der Waals surface area contributed by atoms with Crippen LogP contribution < -0.4 is 5.32 Å². The zero-order valence-electron chi connectivity index (χ0n) is 10.0. The fraction of sp³-hybridized carbons (Fsp3) is 0.188. The van der Waals surface area contributed by atoms with Crippen LogP contribution in [-0.2, 0) is 11.2 Å². The first-order valence-corrected chi connectivity index (χ1v) is 6.22. The van der Waals surface area contributed by atoms with Crippen molar-refractivity contribution in [3.63, 3.8) is 0 Å². The number of hydrogen-bond donors (Lipinski definition) is 1. The van der Waals surface area contributed by atoms with Crippen LogP contribution in [0.25, 0.3) is 0 Å². The topological polar surface area (TPSA) is 29.1 Å². The Morgan fingerprint density at radius 3 is 2.33 bits per heavy atom. The molecule has 90 valence electrons. The predicted molar refractivity (Wildman–Crippen MR) is 71.3 cm³/mol. The van der Waals surface area contributed by atoms with Gasteiger partial charge in [-0.15, -0.1) is 0 Å². The van der Waals surface area contributed by atoms with Gasteiger partial charge in [-0.3, -0.25) is 5.32 Å². The molecule has 1 aliphatic heterocycles. The van der Waals surface area contributed by atoms with E-state index in [-0.39, 0.29) is 12.1 Å².